The van der Waals surface area contributed by atoms with Crippen LogP contribution in [0.15, 0.2) is 6.07 Å². The molecule has 7 heteroatoms. The fourth-order valence-corrected chi connectivity index (χ4v) is 1.58. The minimum atomic E-state index is -4.21. The highest BCUT2D eigenvalue weighted by atomic mass is 19.4. The van der Waals surface area contributed by atoms with Crippen molar-refractivity contribution >= 4 is 5.82 Å². The fraction of sp³-hybridized carbons (Fsp3) is 0.667. The average Bonchev–Trinajstić information content (AvgIpc) is 3.11. The number of ether oxygens (including phenoxy) is 1. The summed E-state index contributed by atoms with van der Waals surface area (Å²) in [6, 6.07) is 1.53. The van der Waals surface area contributed by atoms with E-state index >= 15 is 0 Å². The number of hydrogen-bond acceptors (Lipinski definition) is 4. The van der Waals surface area contributed by atoms with E-state index in [4.69, 9.17) is 4.74 Å². The zero-order valence-corrected chi connectivity index (χ0v) is 10.6. The molecule has 4 nitrogen and oxygen atoms in total. The Morgan fingerprint density at radius 3 is 2.68 bits per heavy atom. The number of anilines is 1. The lowest BCUT2D eigenvalue weighted by atomic mass is 10.4. The Balaban J connectivity index is 2.01. The van der Waals surface area contributed by atoms with E-state index in [2.05, 4.69) is 15.3 Å². The third-order valence-electron chi connectivity index (χ3n) is 2.66. The minimum absolute atomic E-state index is 0.206. The van der Waals surface area contributed by atoms with E-state index in [0.29, 0.717) is 24.1 Å². The average molecular weight is 275 g/mol. The highest BCUT2D eigenvalue weighted by molar-refractivity contribution is 5.39. The third kappa shape index (κ3) is 4.57. The highest BCUT2D eigenvalue weighted by Gasteiger charge is 2.29. The molecule has 0 atom stereocenters. The van der Waals surface area contributed by atoms with Gasteiger partial charge in [0, 0.05) is 18.5 Å². The second-order valence-corrected chi connectivity index (χ2v) is 4.47. The van der Waals surface area contributed by atoms with E-state index in [-0.39, 0.29) is 5.88 Å². The standard InChI is InChI=1S/C12H16F3N3O/c1-2-16-9-7-10(19-6-5-12(13,14)15)18-11(17-9)8-3-4-8/h7-8H,2-6H2,1H3,(H,16,17,18). The van der Waals surface area contributed by atoms with Crippen molar-refractivity contribution in [3.8, 4) is 5.88 Å². The molecule has 19 heavy (non-hydrogen) atoms. The maximum absolute atomic E-state index is 12.1. The molecule has 0 bridgehead atoms. The zero-order valence-electron chi connectivity index (χ0n) is 10.6. The molecular weight excluding hydrogens is 259 g/mol. The lowest BCUT2D eigenvalue weighted by Gasteiger charge is -2.11. The van der Waals surface area contributed by atoms with Gasteiger partial charge in [-0.05, 0) is 19.8 Å². The molecule has 0 saturated heterocycles. The summed E-state index contributed by atoms with van der Waals surface area (Å²) in [5, 5.41) is 3.02. The second-order valence-electron chi connectivity index (χ2n) is 4.47. The molecule has 0 radical (unpaired) electrons. The number of hydrogen-bond donors (Lipinski definition) is 1. The van der Waals surface area contributed by atoms with Gasteiger partial charge < -0.3 is 10.1 Å². The number of nitrogens with zero attached hydrogens (tertiary/aromatic N) is 2. The summed E-state index contributed by atoms with van der Waals surface area (Å²) in [7, 11) is 0. The molecule has 0 spiro atoms. The van der Waals surface area contributed by atoms with Crippen LogP contribution < -0.4 is 10.1 Å². The van der Waals surface area contributed by atoms with Crippen molar-refractivity contribution in [1.82, 2.24) is 9.97 Å². The Bertz CT molecular complexity index is 433. The molecule has 1 fully saturated rings. The molecule has 0 amide bonds. The van der Waals surface area contributed by atoms with Gasteiger partial charge in [-0.2, -0.15) is 18.2 Å². The van der Waals surface area contributed by atoms with Gasteiger partial charge in [0.25, 0.3) is 0 Å². The maximum atomic E-state index is 12.1. The van der Waals surface area contributed by atoms with Gasteiger partial charge >= 0.3 is 6.18 Å². The largest absolute Gasteiger partial charge is 0.477 e. The smallest absolute Gasteiger partial charge is 0.392 e. The summed E-state index contributed by atoms with van der Waals surface area (Å²) in [4.78, 5) is 8.47. The lowest BCUT2D eigenvalue weighted by Crippen LogP contribution is -2.14. The lowest BCUT2D eigenvalue weighted by molar-refractivity contribution is -0.139. The SMILES string of the molecule is CCNc1cc(OCCC(F)(F)F)nc(C2CC2)n1. The number of halogens is 3. The third-order valence-corrected chi connectivity index (χ3v) is 2.66. The summed E-state index contributed by atoms with van der Waals surface area (Å²) < 4.78 is 41.2. The van der Waals surface area contributed by atoms with Crippen LogP contribution in [0.25, 0.3) is 0 Å². The molecular formula is C12H16F3N3O. The van der Waals surface area contributed by atoms with E-state index in [1.807, 2.05) is 6.92 Å². The van der Waals surface area contributed by atoms with Gasteiger partial charge in [0.2, 0.25) is 5.88 Å². The van der Waals surface area contributed by atoms with Crippen LogP contribution in [-0.4, -0.2) is 29.3 Å². The molecule has 1 N–H and O–H groups in total. The highest BCUT2D eigenvalue weighted by Crippen LogP contribution is 2.39. The maximum Gasteiger partial charge on any atom is 0.392 e. The van der Waals surface area contributed by atoms with Crippen LogP contribution in [0.4, 0.5) is 19.0 Å². The summed E-state index contributed by atoms with van der Waals surface area (Å²) >= 11 is 0. The van der Waals surface area contributed by atoms with E-state index in [1.54, 1.807) is 0 Å². The van der Waals surface area contributed by atoms with Crippen LogP contribution in [0.1, 0.15) is 37.9 Å². The van der Waals surface area contributed by atoms with Crippen molar-refractivity contribution in [2.45, 2.75) is 38.3 Å². The first kappa shape index (κ1) is 13.9. The van der Waals surface area contributed by atoms with Gasteiger partial charge in [-0.15, -0.1) is 0 Å². The first-order chi connectivity index (χ1) is 8.98. The summed E-state index contributed by atoms with van der Waals surface area (Å²) in [5.41, 5.74) is 0. The fourth-order valence-electron chi connectivity index (χ4n) is 1.58. The monoisotopic (exact) mass is 275 g/mol. The Kier molecular flexibility index (Phi) is 4.11. The van der Waals surface area contributed by atoms with E-state index < -0.39 is 19.2 Å². The minimum Gasteiger partial charge on any atom is -0.477 e. The molecule has 0 aliphatic heterocycles. The zero-order chi connectivity index (χ0) is 13.9. The van der Waals surface area contributed by atoms with Gasteiger partial charge in [0.05, 0.1) is 13.0 Å². The summed E-state index contributed by atoms with van der Waals surface area (Å²) in [6.07, 6.45) is -3.14. The Labute approximate surface area is 109 Å². The topological polar surface area (TPSA) is 47.0 Å². The molecule has 1 aromatic rings. The first-order valence-electron chi connectivity index (χ1n) is 6.30. The normalized spacial score (nSPS) is 15.4. The number of rotatable bonds is 6. The van der Waals surface area contributed by atoms with E-state index in [1.165, 1.54) is 6.07 Å². The van der Waals surface area contributed by atoms with Crippen LogP contribution in [-0.2, 0) is 0 Å². The van der Waals surface area contributed by atoms with Gasteiger partial charge in [-0.3, -0.25) is 0 Å². The summed E-state index contributed by atoms with van der Waals surface area (Å²) in [5.74, 6) is 1.78. The summed E-state index contributed by atoms with van der Waals surface area (Å²) in [6.45, 7) is 2.18. The number of alkyl halides is 3. The van der Waals surface area contributed by atoms with Crippen LogP contribution >= 0.6 is 0 Å². The van der Waals surface area contributed by atoms with Crippen molar-refractivity contribution in [3.05, 3.63) is 11.9 Å². The molecule has 1 saturated carbocycles. The Hall–Kier alpha value is -1.53. The molecule has 106 valence electrons. The Morgan fingerprint density at radius 2 is 2.11 bits per heavy atom. The quantitative estimate of drug-likeness (QED) is 0.866. The molecule has 0 unspecified atom stereocenters. The number of aromatic nitrogens is 2. The predicted molar refractivity (Wildman–Crippen MR) is 64.3 cm³/mol. The molecule has 1 aliphatic rings. The van der Waals surface area contributed by atoms with Gasteiger partial charge in [-0.1, -0.05) is 0 Å². The van der Waals surface area contributed by atoms with Crippen molar-refractivity contribution in [2.75, 3.05) is 18.5 Å². The van der Waals surface area contributed by atoms with Gasteiger partial charge in [0.15, 0.2) is 0 Å². The second kappa shape index (κ2) is 5.63. The van der Waals surface area contributed by atoms with Crippen LogP contribution in [0, 0.1) is 0 Å². The van der Waals surface area contributed by atoms with Gasteiger partial charge in [0.1, 0.15) is 11.6 Å². The molecule has 0 aromatic carbocycles. The van der Waals surface area contributed by atoms with Crippen LogP contribution in [0.2, 0.25) is 0 Å². The van der Waals surface area contributed by atoms with Crippen molar-refractivity contribution in [1.29, 1.82) is 0 Å². The van der Waals surface area contributed by atoms with E-state index in [0.717, 1.165) is 12.8 Å². The molecule has 1 aliphatic carbocycles. The Morgan fingerprint density at radius 1 is 1.37 bits per heavy atom. The van der Waals surface area contributed by atoms with Crippen molar-refractivity contribution in [2.24, 2.45) is 0 Å². The number of nitrogens with one attached hydrogen (secondary N) is 1. The molecule has 1 aromatic heterocycles. The van der Waals surface area contributed by atoms with Crippen molar-refractivity contribution < 1.29 is 17.9 Å². The van der Waals surface area contributed by atoms with Gasteiger partial charge in [-0.25, -0.2) is 4.98 Å². The first-order valence-corrected chi connectivity index (χ1v) is 6.30. The molecule has 1 heterocycles. The van der Waals surface area contributed by atoms with E-state index in [9.17, 15) is 13.2 Å². The van der Waals surface area contributed by atoms with Crippen LogP contribution in [0.5, 0.6) is 5.88 Å². The van der Waals surface area contributed by atoms with Crippen LogP contribution in [0.3, 0.4) is 0 Å². The predicted octanol–water partition coefficient (Wildman–Crippen LogP) is 3.12. The molecule has 2 rings (SSSR count). The van der Waals surface area contributed by atoms with Crippen molar-refractivity contribution in [3.63, 3.8) is 0 Å².